The lowest BCUT2D eigenvalue weighted by Gasteiger charge is -2.44. The highest BCUT2D eigenvalue weighted by molar-refractivity contribution is 6.06. The van der Waals surface area contributed by atoms with Crippen molar-refractivity contribution >= 4 is 17.5 Å². The number of aliphatic carboxylic acids is 1. The number of ether oxygens (including phenoxy) is 1. The van der Waals surface area contributed by atoms with Crippen molar-refractivity contribution in [2.24, 2.45) is 0 Å². The summed E-state index contributed by atoms with van der Waals surface area (Å²) in [6.45, 7) is 3.70. The number of nitrogens with zero attached hydrogens (tertiary/aromatic N) is 1. The molecule has 0 radical (unpaired) electrons. The normalized spacial score (nSPS) is 19.5. The van der Waals surface area contributed by atoms with Crippen molar-refractivity contribution in [1.82, 2.24) is 4.90 Å². The van der Waals surface area contributed by atoms with E-state index in [0.29, 0.717) is 62.0 Å². The Bertz CT molecular complexity index is 926. The van der Waals surface area contributed by atoms with Gasteiger partial charge in [-0.25, -0.2) is 0 Å². The molecule has 0 unspecified atom stereocenters. The minimum atomic E-state index is -1.22. The maximum atomic E-state index is 13.0. The first-order chi connectivity index (χ1) is 14.5. The van der Waals surface area contributed by atoms with Crippen molar-refractivity contribution in [1.29, 1.82) is 0 Å². The van der Waals surface area contributed by atoms with Gasteiger partial charge in [0, 0.05) is 41.3 Å². The number of carbonyl (C=O) groups excluding carboxylic acids is 3. The second kappa shape index (κ2) is 8.30. The number of ketones is 2. The Morgan fingerprint density at radius 3 is 2.10 bits per heavy atom. The zero-order chi connectivity index (χ0) is 21.3. The largest absolute Gasteiger partial charge is 0.548 e. The zero-order valence-electron chi connectivity index (χ0n) is 16.8. The van der Waals surface area contributed by atoms with Gasteiger partial charge in [0.15, 0.2) is 11.6 Å². The highest BCUT2D eigenvalue weighted by Crippen LogP contribution is 2.49. The van der Waals surface area contributed by atoms with E-state index in [1.807, 2.05) is 24.3 Å². The van der Waals surface area contributed by atoms with Gasteiger partial charge in [-0.2, -0.15) is 0 Å². The molecule has 2 aliphatic carbocycles. The lowest BCUT2D eigenvalue weighted by molar-refractivity contribution is -0.305. The Kier molecular flexibility index (Phi) is 5.57. The monoisotopic (exact) mass is 406 g/mol. The first-order valence-corrected chi connectivity index (χ1v) is 10.3. The van der Waals surface area contributed by atoms with Crippen molar-refractivity contribution < 1.29 is 24.2 Å². The van der Waals surface area contributed by atoms with Crippen LogP contribution in [0.25, 0.3) is 0 Å². The molecule has 0 saturated carbocycles. The fraction of sp³-hybridized carbons (Fsp3) is 0.375. The molecule has 0 atom stereocenters. The Morgan fingerprint density at radius 2 is 1.60 bits per heavy atom. The summed E-state index contributed by atoms with van der Waals surface area (Å²) in [6, 6.07) is 7.42. The quantitative estimate of drug-likeness (QED) is 0.675. The molecule has 1 aromatic rings. The topological polar surface area (TPSA) is 86.7 Å². The maximum Gasteiger partial charge on any atom is 0.161 e. The zero-order valence-corrected chi connectivity index (χ0v) is 16.8. The number of rotatable bonds is 6. The highest BCUT2D eigenvalue weighted by Gasteiger charge is 2.43. The minimum Gasteiger partial charge on any atom is -0.548 e. The van der Waals surface area contributed by atoms with E-state index in [-0.39, 0.29) is 18.1 Å². The number of benzene rings is 1. The standard InChI is InChI=1S/C24H25NO5/c1-2-13-30-16-11-9-15(10-12-16)22-23-17(5-3-7-19(23)26)25(14-21(28)29)18-6-4-8-20(27)24(18)22/h2,9-12,22H,1,3-8,13-14H2,(H,28,29)/p-1. The first-order valence-electron chi connectivity index (χ1n) is 10.3. The molecule has 6 heteroatoms. The molecule has 0 N–H and O–H groups in total. The molecular weight excluding hydrogens is 382 g/mol. The van der Waals surface area contributed by atoms with Crippen LogP contribution >= 0.6 is 0 Å². The van der Waals surface area contributed by atoms with Crippen molar-refractivity contribution in [3.63, 3.8) is 0 Å². The van der Waals surface area contributed by atoms with Gasteiger partial charge in [0.2, 0.25) is 0 Å². The van der Waals surface area contributed by atoms with Gasteiger partial charge in [0.25, 0.3) is 0 Å². The molecule has 0 aromatic heterocycles. The number of carboxylic acids is 1. The van der Waals surface area contributed by atoms with Crippen LogP contribution in [0.3, 0.4) is 0 Å². The lowest BCUT2D eigenvalue weighted by atomic mass is 9.71. The van der Waals surface area contributed by atoms with Crippen LogP contribution in [-0.4, -0.2) is 35.6 Å². The Hall–Kier alpha value is -3.15. The number of Topliss-reactive ketones (excluding diaryl/α,β-unsaturated/α-hetero) is 2. The average molecular weight is 406 g/mol. The van der Waals surface area contributed by atoms with Crippen LogP contribution in [0.4, 0.5) is 0 Å². The molecule has 0 fully saturated rings. The molecule has 4 rings (SSSR count). The molecule has 0 saturated heterocycles. The molecule has 0 bridgehead atoms. The molecule has 30 heavy (non-hydrogen) atoms. The third-order valence-corrected chi connectivity index (χ3v) is 5.95. The van der Waals surface area contributed by atoms with Gasteiger partial charge in [-0.3, -0.25) is 9.59 Å². The van der Waals surface area contributed by atoms with Gasteiger partial charge in [-0.15, -0.1) is 0 Å². The van der Waals surface area contributed by atoms with E-state index in [2.05, 4.69) is 6.58 Å². The fourth-order valence-electron chi connectivity index (χ4n) is 4.78. The van der Waals surface area contributed by atoms with Gasteiger partial charge in [0.1, 0.15) is 12.4 Å². The summed E-state index contributed by atoms with van der Waals surface area (Å²) in [7, 11) is 0. The summed E-state index contributed by atoms with van der Waals surface area (Å²) in [5.41, 5.74) is 3.45. The number of hydrogen-bond donors (Lipinski definition) is 0. The molecular formula is C24H24NO5-. The van der Waals surface area contributed by atoms with Gasteiger partial charge in [0.05, 0.1) is 12.5 Å². The van der Waals surface area contributed by atoms with Gasteiger partial charge >= 0.3 is 0 Å². The smallest absolute Gasteiger partial charge is 0.161 e. The van der Waals surface area contributed by atoms with Crippen LogP contribution in [-0.2, 0) is 14.4 Å². The SMILES string of the molecule is C=CCOc1ccc(C2C3=C(CCCC3=O)N(CC(=O)[O-])C3=C2C(=O)CCC3)cc1. The Labute approximate surface area is 175 Å². The second-order valence-corrected chi connectivity index (χ2v) is 7.83. The molecule has 1 aliphatic heterocycles. The van der Waals surface area contributed by atoms with Gasteiger partial charge < -0.3 is 19.5 Å². The Morgan fingerprint density at radius 1 is 1.03 bits per heavy atom. The summed E-state index contributed by atoms with van der Waals surface area (Å²) in [5.74, 6) is -1.02. The fourth-order valence-corrected chi connectivity index (χ4v) is 4.78. The Balaban J connectivity index is 1.85. The molecule has 1 heterocycles. The predicted octanol–water partition coefficient (Wildman–Crippen LogP) is 2.41. The average Bonchev–Trinajstić information content (AvgIpc) is 2.73. The van der Waals surface area contributed by atoms with Crippen molar-refractivity contribution in [2.45, 2.75) is 44.4 Å². The van der Waals surface area contributed by atoms with Crippen LogP contribution < -0.4 is 9.84 Å². The van der Waals surface area contributed by atoms with E-state index in [0.717, 1.165) is 17.0 Å². The highest BCUT2D eigenvalue weighted by atomic mass is 16.5. The summed E-state index contributed by atoms with van der Waals surface area (Å²) >= 11 is 0. The van der Waals surface area contributed by atoms with Crippen molar-refractivity contribution in [3.8, 4) is 5.75 Å². The summed E-state index contributed by atoms with van der Waals surface area (Å²) in [6.07, 6.45) is 5.08. The number of carbonyl (C=O) groups is 3. The summed E-state index contributed by atoms with van der Waals surface area (Å²) in [4.78, 5) is 39.2. The molecule has 0 spiro atoms. The number of allylic oxidation sites excluding steroid dienone is 4. The minimum absolute atomic E-state index is 0.0125. The first kappa shape index (κ1) is 20.1. The predicted molar refractivity (Wildman–Crippen MR) is 108 cm³/mol. The molecule has 0 amide bonds. The van der Waals surface area contributed by atoms with Crippen molar-refractivity contribution in [3.05, 3.63) is 65.0 Å². The van der Waals surface area contributed by atoms with E-state index in [9.17, 15) is 19.5 Å². The second-order valence-electron chi connectivity index (χ2n) is 7.83. The third kappa shape index (κ3) is 3.58. The summed E-state index contributed by atoms with van der Waals surface area (Å²) < 4.78 is 5.56. The lowest BCUT2D eigenvalue weighted by Crippen LogP contribution is -2.44. The van der Waals surface area contributed by atoms with Gasteiger partial charge in [-0.1, -0.05) is 24.8 Å². The van der Waals surface area contributed by atoms with Crippen LogP contribution in [0.2, 0.25) is 0 Å². The van der Waals surface area contributed by atoms with E-state index in [1.165, 1.54) is 0 Å². The molecule has 156 valence electrons. The molecule has 6 nitrogen and oxygen atoms in total. The van der Waals surface area contributed by atoms with Crippen molar-refractivity contribution in [2.75, 3.05) is 13.2 Å². The maximum absolute atomic E-state index is 13.0. The van der Waals surface area contributed by atoms with Crippen LogP contribution in [0.15, 0.2) is 59.5 Å². The van der Waals surface area contributed by atoms with E-state index < -0.39 is 11.9 Å². The number of hydrogen-bond acceptors (Lipinski definition) is 6. The number of carboxylic acid groups (broad SMARTS) is 1. The summed E-state index contributed by atoms with van der Waals surface area (Å²) in [5, 5.41) is 11.5. The third-order valence-electron chi connectivity index (χ3n) is 5.95. The van der Waals surface area contributed by atoms with E-state index in [4.69, 9.17) is 4.74 Å². The van der Waals surface area contributed by atoms with Crippen LogP contribution in [0, 0.1) is 0 Å². The van der Waals surface area contributed by atoms with Gasteiger partial charge in [-0.05, 0) is 43.4 Å². The van der Waals surface area contributed by atoms with E-state index in [1.54, 1.807) is 11.0 Å². The van der Waals surface area contributed by atoms with Crippen LogP contribution in [0.1, 0.15) is 50.0 Å². The molecule has 3 aliphatic rings. The molecule has 1 aromatic carbocycles. The van der Waals surface area contributed by atoms with Crippen LogP contribution in [0.5, 0.6) is 5.75 Å². The van der Waals surface area contributed by atoms with E-state index >= 15 is 0 Å².